The van der Waals surface area contributed by atoms with Gasteiger partial charge in [-0.1, -0.05) is 23.7 Å². The Morgan fingerprint density at radius 1 is 1.18 bits per heavy atom. The number of cyclic esters (lactones) is 1. The zero-order valence-electron chi connectivity index (χ0n) is 19.8. The van der Waals surface area contributed by atoms with Crippen molar-refractivity contribution in [3.8, 4) is 11.3 Å². The predicted molar refractivity (Wildman–Crippen MR) is 129 cm³/mol. The molecule has 0 bridgehead atoms. The molecule has 1 unspecified atom stereocenters. The quantitative estimate of drug-likeness (QED) is 0.468. The molecule has 2 aromatic heterocycles. The van der Waals surface area contributed by atoms with Crippen molar-refractivity contribution < 1.29 is 18.7 Å². The van der Waals surface area contributed by atoms with E-state index in [0.29, 0.717) is 28.4 Å². The normalized spacial score (nSPS) is 18.0. The zero-order valence-corrected chi connectivity index (χ0v) is 20.5. The van der Waals surface area contributed by atoms with Gasteiger partial charge in [-0.05, 0) is 52.8 Å². The zero-order chi connectivity index (χ0) is 24.5. The van der Waals surface area contributed by atoms with Gasteiger partial charge in [0.05, 0.1) is 11.7 Å². The van der Waals surface area contributed by atoms with Crippen LogP contribution in [0.4, 0.5) is 16.6 Å². The molecule has 4 rings (SSSR count). The van der Waals surface area contributed by atoms with Crippen molar-refractivity contribution in [2.75, 3.05) is 16.8 Å². The SMILES string of the molecule is C[C@H](Nc1nccc(N2C(=O)OCC2[C@@H](C)OC(C)(C)C)n1)c1nc(-c2ccc(Cl)cc2)co1. The van der Waals surface area contributed by atoms with Crippen LogP contribution in [-0.4, -0.2) is 45.4 Å². The molecule has 1 aliphatic rings. The number of benzene rings is 1. The molecule has 1 N–H and O–H groups in total. The van der Waals surface area contributed by atoms with Gasteiger partial charge in [0, 0.05) is 16.8 Å². The molecule has 0 radical (unpaired) electrons. The summed E-state index contributed by atoms with van der Waals surface area (Å²) in [6, 6.07) is 8.41. The average Bonchev–Trinajstić information content (AvgIpc) is 3.40. The number of hydrogen-bond acceptors (Lipinski definition) is 8. The third-order valence-corrected chi connectivity index (χ3v) is 5.50. The van der Waals surface area contributed by atoms with E-state index in [2.05, 4.69) is 20.3 Å². The van der Waals surface area contributed by atoms with Crippen LogP contribution in [0.15, 0.2) is 47.2 Å². The van der Waals surface area contributed by atoms with Gasteiger partial charge < -0.3 is 19.2 Å². The van der Waals surface area contributed by atoms with E-state index < -0.39 is 6.09 Å². The summed E-state index contributed by atoms with van der Waals surface area (Å²) in [6.45, 7) is 9.96. The first-order valence-corrected chi connectivity index (χ1v) is 11.4. The number of anilines is 2. The number of amides is 1. The van der Waals surface area contributed by atoms with Gasteiger partial charge in [-0.25, -0.2) is 14.8 Å². The van der Waals surface area contributed by atoms with E-state index in [1.54, 1.807) is 30.7 Å². The standard InChI is InChI=1S/C24H28ClN5O4/c1-14(21-28-18(12-32-21)16-6-8-17(25)9-7-16)27-22-26-11-10-20(29-22)30-19(13-33-23(30)31)15(2)34-24(3,4)5/h6-12,14-15,19H,13H2,1-5H3,(H,26,27,29)/t14-,15+,19?/m0/s1. The Balaban J connectivity index is 1.49. The molecular weight excluding hydrogens is 458 g/mol. The molecule has 1 amide bonds. The van der Waals surface area contributed by atoms with Gasteiger partial charge >= 0.3 is 6.09 Å². The highest BCUT2D eigenvalue weighted by Crippen LogP contribution is 2.28. The van der Waals surface area contributed by atoms with Crippen LogP contribution in [0.2, 0.25) is 5.02 Å². The second-order valence-electron chi connectivity index (χ2n) is 9.13. The van der Waals surface area contributed by atoms with Crippen molar-refractivity contribution >= 4 is 29.5 Å². The first kappa shape index (κ1) is 24.0. The van der Waals surface area contributed by atoms with Gasteiger partial charge in [0.2, 0.25) is 11.8 Å². The lowest BCUT2D eigenvalue weighted by Gasteiger charge is -2.31. The van der Waals surface area contributed by atoms with E-state index in [9.17, 15) is 4.79 Å². The number of nitrogens with one attached hydrogen (secondary N) is 1. The van der Waals surface area contributed by atoms with Crippen molar-refractivity contribution in [3.63, 3.8) is 0 Å². The number of carbonyl (C=O) groups excluding carboxylic acids is 1. The molecule has 3 atom stereocenters. The van der Waals surface area contributed by atoms with Crippen LogP contribution >= 0.6 is 11.6 Å². The van der Waals surface area contributed by atoms with Crippen LogP contribution in [0.3, 0.4) is 0 Å². The number of aromatic nitrogens is 3. The van der Waals surface area contributed by atoms with E-state index >= 15 is 0 Å². The second kappa shape index (κ2) is 9.60. The fourth-order valence-corrected chi connectivity index (χ4v) is 3.86. The molecule has 1 saturated heterocycles. The monoisotopic (exact) mass is 485 g/mol. The van der Waals surface area contributed by atoms with Crippen LogP contribution in [0.25, 0.3) is 11.3 Å². The van der Waals surface area contributed by atoms with Crippen LogP contribution < -0.4 is 10.2 Å². The Morgan fingerprint density at radius 2 is 1.91 bits per heavy atom. The number of nitrogens with zero attached hydrogens (tertiary/aromatic N) is 4. The maximum absolute atomic E-state index is 12.5. The van der Waals surface area contributed by atoms with E-state index in [1.807, 2.05) is 46.8 Å². The number of oxazole rings is 1. The molecular formula is C24H28ClN5O4. The summed E-state index contributed by atoms with van der Waals surface area (Å²) in [5, 5.41) is 3.84. The van der Waals surface area contributed by atoms with Gasteiger partial charge in [-0.3, -0.25) is 4.90 Å². The Labute approximate surface area is 203 Å². The molecule has 3 aromatic rings. The van der Waals surface area contributed by atoms with E-state index in [4.69, 9.17) is 25.5 Å². The van der Waals surface area contributed by atoms with Crippen LogP contribution in [0, 0.1) is 0 Å². The number of halogens is 1. The molecule has 0 spiro atoms. The summed E-state index contributed by atoms with van der Waals surface area (Å²) >= 11 is 5.96. The molecule has 10 heteroatoms. The summed E-state index contributed by atoms with van der Waals surface area (Å²) < 4.78 is 17.0. The number of ether oxygens (including phenoxy) is 2. The second-order valence-corrected chi connectivity index (χ2v) is 9.57. The number of rotatable bonds is 7. The Morgan fingerprint density at radius 3 is 2.62 bits per heavy atom. The largest absolute Gasteiger partial charge is 0.447 e. The highest BCUT2D eigenvalue weighted by molar-refractivity contribution is 6.30. The summed E-state index contributed by atoms with van der Waals surface area (Å²) in [4.78, 5) is 27.4. The van der Waals surface area contributed by atoms with Gasteiger partial charge in [0.1, 0.15) is 36.5 Å². The minimum atomic E-state index is -0.465. The van der Waals surface area contributed by atoms with Crippen LogP contribution in [0.1, 0.15) is 46.6 Å². The molecule has 34 heavy (non-hydrogen) atoms. The maximum atomic E-state index is 12.5. The highest BCUT2D eigenvalue weighted by atomic mass is 35.5. The predicted octanol–water partition coefficient (Wildman–Crippen LogP) is 5.49. The maximum Gasteiger partial charge on any atom is 0.416 e. The Hall–Kier alpha value is -3.17. The summed E-state index contributed by atoms with van der Waals surface area (Å²) in [5.41, 5.74) is 1.24. The molecule has 3 heterocycles. The first-order chi connectivity index (χ1) is 16.1. The highest BCUT2D eigenvalue weighted by Gasteiger charge is 2.40. The summed E-state index contributed by atoms with van der Waals surface area (Å²) in [7, 11) is 0. The average molecular weight is 486 g/mol. The molecule has 1 aliphatic heterocycles. The lowest BCUT2D eigenvalue weighted by atomic mass is 10.1. The number of carbonyl (C=O) groups is 1. The Bertz CT molecular complexity index is 1140. The first-order valence-electron chi connectivity index (χ1n) is 11.1. The molecule has 180 valence electrons. The molecule has 9 nitrogen and oxygen atoms in total. The third-order valence-electron chi connectivity index (χ3n) is 5.25. The lowest BCUT2D eigenvalue weighted by Crippen LogP contribution is -2.45. The van der Waals surface area contributed by atoms with Crippen molar-refractivity contribution in [1.82, 2.24) is 15.0 Å². The van der Waals surface area contributed by atoms with Crippen LogP contribution in [-0.2, 0) is 9.47 Å². The van der Waals surface area contributed by atoms with Gasteiger partial charge in [-0.2, -0.15) is 4.98 Å². The van der Waals surface area contributed by atoms with Crippen molar-refractivity contribution in [1.29, 1.82) is 0 Å². The van der Waals surface area contributed by atoms with Gasteiger partial charge in [0.25, 0.3) is 0 Å². The van der Waals surface area contributed by atoms with Gasteiger partial charge in [-0.15, -0.1) is 0 Å². The van der Waals surface area contributed by atoms with Crippen LogP contribution in [0.5, 0.6) is 0 Å². The minimum Gasteiger partial charge on any atom is -0.447 e. The fraction of sp³-hybridized carbons (Fsp3) is 0.417. The smallest absolute Gasteiger partial charge is 0.416 e. The fourth-order valence-electron chi connectivity index (χ4n) is 3.73. The Kier molecular flexibility index (Phi) is 6.77. The summed E-state index contributed by atoms with van der Waals surface area (Å²) in [5.74, 6) is 1.24. The lowest BCUT2D eigenvalue weighted by molar-refractivity contribution is -0.0618. The molecule has 1 aromatic carbocycles. The van der Waals surface area contributed by atoms with Crippen molar-refractivity contribution in [2.24, 2.45) is 0 Å². The molecule has 0 saturated carbocycles. The number of hydrogen-bond donors (Lipinski definition) is 1. The van der Waals surface area contributed by atoms with E-state index in [0.717, 1.165) is 5.56 Å². The summed E-state index contributed by atoms with van der Waals surface area (Å²) in [6.07, 6.45) is 2.46. The van der Waals surface area contributed by atoms with Gasteiger partial charge in [0.15, 0.2) is 0 Å². The minimum absolute atomic E-state index is 0.225. The van der Waals surface area contributed by atoms with Crippen molar-refractivity contribution in [3.05, 3.63) is 53.7 Å². The van der Waals surface area contributed by atoms with E-state index in [1.165, 1.54) is 4.90 Å². The van der Waals surface area contributed by atoms with Crippen molar-refractivity contribution in [2.45, 2.75) is 58.4 Å². The third kappa shape index (κ3) is 5.48. The molecule has 1 fully saturated rings. The van der Waals surface area contributed by atoms with E-state index in [-0.39, 0.29) is 30.4 Å². The topological polar surface area (TPSA) is 103 Å². The molecule has 0 aliphatic carbocycles.